The van der Waals surface area contributed by atoms with E-state index in [0.29, 0.717) is 0 Å². The van der Waals surface area contributed by atoms with E-state index in [9.17, 15) is 0 Å². The molecule has 1 aliphatic heterocycles. The van der Waals surface area contributed by atoms with Crippen LogP contribution in [0, 0.1) is 5.92 Å². The molecule has 1 atom stereocenters. The van der Waals surface area contributed by atoms with E-state index >= 15 is 0 Å². The fourth-order valence-corrected chi connectivity index (χ4v) is 2.40. The second-order valence-electron chi connectivity index (χ2n) is 4.58. The smallest absolute Gasteiger partial charge is 0.122 e. The van der Waals surface area contributed by atoms with Gasteiger partial charge in [-0.15, -0.1) is 0 Å². The molecule has 1 fully saturated rings. The van der Waals surface area contributed by atoms with Crippen LogP contribution in [0.4, 0.5) is 0 Å². The van der Waals surface area contributed by atoms with Crippen molar-refractivity contribution in [3.63, 3.8) is 0 Å². The lowest BCUT2D eigenvalue weighted by Crippen LogP contribution is -2.09. The van der Waals surface area contributed by atoms with Crippen molar-refractivity contribution >= 4 is 0 Å². The van der Waals surface area contributed by atoms with Crippen molar-refractivity contribution in [2.45, 2.75) is 19.3 Å². The molecule has 94 valence electrons. The number of nitrogens with one attached hydrogen (secondary N) is 1. The Kier molecular flexibility index (Phi) is 4.26. The highest BCUT2D eigenvalue weighted by atomic mass is 16.5. The zero-order chi connectivity index (χ0) is 12.1. The fraction of sp³-hybridized carbons (Fsp3) is 0.571. The lowest BCUT2D eigenvalue weighted by molar-refractivity contribution is 0.396. The van der Waals surface area contributed by atoms with E-state index in [1.807, 2.05) is 12.1 Å². The molecule has 3 heteroatoms. The minimum absolute atomic E-state index is 0.811. The SMILES string of the molecule is COc1ccc(OC)c(CCC2CCNC2)c1. The Morgan fingerprint density at radius 1 is 1.29 bits per heavy atom. The van der Waals surface area contributed by atoms with Crippen LogP contribution in [0.5, 0.6) is 11.5 Å². The number of hydrogen-bond acceptors (Lipinski definition) is 3. The third-order valence-electron chi connectivity index (χ3n) is 3.47. The number of ether oxygens (including phenoxy) is 2. The van der Waals surface area contributed by atoms with Gasteiger partial charge in [0.15, 0.2) is 0 Å². The molecule has 1 N–H and O–H groups in total. The van der Waals surface area contributed by atoms with E-state index in [1.54, 1.807) is 14.2 Å². The molecule has 1 unspecified atom stereocenters. The summed E-state index contributed by atoms with van der Waals surface area (Å²) < 4.78 is 10.6. The number of benzene rings is 1. The van der Waals surface area contributed by atoms with Crippen LogP contribution in [0.2, 0.25) is 0 Å². The number of methoxy groups -OCH3 is 2. The first kappa shape index (κ1) is 12.2. The maximum Gasteiger partial charge on any atom is 0.122 e. The van der Waals surface area contributed by atoms with Gasteiger partial charge in [0.2, 0.25) is 0 Å². The Morgan fingerprint density at radius 3 is 2.82 bits per heavy atom. The second kappa shape index (κ2) is 5.92. The maximum absolute atomic E-state index is 5.39. The average molecular weight is 235 g/mol. The summed E-state index contributed by atoms with van der Waals surface area (Å²) in [6, 6.07) is 6.02. The molecule has 17 heavy (non-hydrogen) atoms. The van der Waals surface area contributed by atoms with Crippen molar-refractivity contribution in [2.24, 2.45) is 5.92 Å². The predicted octanol–water partition coefficient (Wildman–Crippen LogP) is 2.25. The third-order valence-corrected chi connectivity index (χ3v) is 3.47. The van der Waals surface area contributed by atoms with Crippen LogP contribution in [-0.2, 0) is 6.42 Å². The van der Waals surface area contributed by atoms with Gasteiger partial charge in [-0.05, 0) is 62.0 Å². The average Bonchev–Trinajstić information content (AvgIpc) is 2.89. The van der Waals surface area contributed by atoms with Gasteiger partial charge in [-0.25, -0.2) is 0 Å². The maximum atomic E-state index is 5.39. The van der Waals surface area contributed by atoms with Crippen LogP contribution in [0.25, 0.3) is 0 Å². The first-order valence-corrected chi connectivity index (χ1v) is 6.25. The first-order valence-electron chi connectivity index (χ1n) is 6.25. The normalized spacial score (nSPS) is 19.3. The molecular formula is C14H21NO2. The summed E-state index contributed by atoms with van der Waals surface area (Å²) >= 11 is 0. The predicted molar refractivity (Wildman–Crippen MR) is 68.8 cm³/mol. The molecule has 3 nitrogen and oxygen atoms in total. The van der Waals surface area contributed by atoms with E-state index in [1.165, 1.54) is 24.9 Å². The molecule has 0 amide bonds. The molecule has 1 heterocycles. The molecule has 0 bridgehead atoms. The van der Waals surface area contributed by atoms with Gasteiger partial charge in [0.05, 0.1) is 14.2 Å². The van der Waals surface area contributed by atoms with Gasteiger partial charge in [0.25, 0.3) is 0 Å². The van der Waals surface area contributed by atoms with Crippen molar-refractivity contribution in [2.75, 3.05) is 27.3 Å². The summed E-state index contributed by atoms with van der Waals surface area (Å²) in [4.78, 5) is 0. The van der Waals surface area contributed by atoms with Gasteiger partial charge in [0, 0.05) is 0 Å². The number of rotatable bonds is 5. The summed E-state index contributed by atoms with van der Waals surface area (Å²) in [5.41, 5.74) is 1.25. The van der Waals surface area contributed by atoms with Gasteiger partial charge in [0.1, 0.15) is 11.5 Å². The largest absolute Gasteiger partial charge is 0.497 e. The lowest BCUT2D eigenvalue weighted by atomic mass is 9.98. The molecule has 0 saturated carbocycles. The molecule has 0 spiro atoms. The Labute approximate surface area is 103 Å². The van der Waals surface area contributed by atoms with Crippen LogP contribution < -0.4 is 14.8 Å². The Balaban J connectivity index is 2.01. The van der Waals surface area contributed by atoms with Crippen LogP contribution in [0.3, 0.4) is 0 Å². The van der Waals surface area contributed by atoms with Gasteiger partial charge >= 0.3 is 0 Å². The van der Waals surface area contributed by atoms with Crippen LogP contribution in [0.1, 0.15) is 18.4 Å². The van der Waals surface area contributed by atoms with E-state index in [2.05, 4.69) is 11.4 Å². The van der Waals surface area contributed by atoms with Crippen molar-refractivity contribution in [3.8, 4) is 11.5 Å². The Bertz CT molecular complexity index is 359. The van der Waals surface area contributed by atoms with Crippen molar-refractivity contribution in [3.05, 3.63) is 23.8 Å². The second-order valence-corrected chi connectivity index (χ2v) is 4.58. The van der Waals surface area contributed by atoms with Gasteiger partial charge in [-0.3, -0.25) is 0 Å². The summed E-state index contributed by atoms with van der Waals surface area (Å²) in [6.07, 6.45) is 3.58. The van der Waals surface area contributed by atoms with Crippen molar-refractivity contribution in [1.29, 1.82) is 0 Å². The van der Waals surface area contributed by atoms with E-state index in [0.717, 1.165) is 30.4 Å². The number of hydrogen-bond donors (Lipinski definition) is 1. The molecule has 0 aliphatic carbocycles. The minimum Gasteiger partial charge on any atom is -0.497 e. The van der Waals surface area contributed by atoms with E-state index < -0.39 is 0 Å². The molecule has 1 aromatic rings. The molecule has 0 radical (unpaired) electrons. The van der Waals surface area contributed by atoms with Gasteiger partial charge < -0.3 is 14.8 Å². The first-order chi connectivity index (χ1) is 8.33. The number of aryl methyl sites for hydroxylation is 1. The van der Waals surface area contributed by atoms with Crippen molar-refractivity contribution < 1.29 is 9.47 Å². The molecule has 2 rings (SSSR count). The lowest BCUT2D eigenvalue weighted by Gasteiger charge is -2.12. The summed E-state index contributed by atoms with van der Waals surface area (Å²) in [5.74, 6) is 2.69. The van der Waals surface area contributed by atoms with Crippen LogP contribution in [0.15, 0.2) is 18.2 Å². The zero-order valence-corrected chi connectivity index (χ0v) is 10.7. The molecule has 1 aromatic carbocycles. The topological polar surface area (TPSA) is 30.5 Å². The van der Waals surface area contributed by atoms with E-state index in [4.69, 9.17) is 9.47 Å². The highest BCUT2D eigenvalue weighted by Gasteiger charge is 2.15. The standard InChI is InChI=1S/C14H21NO2/c1-16-13-5-6-14(17-2)12(9-13)4-3-11-7-8-15-10-11/h5-6,9,11,15H,3-4,7-8,10H2,1-2H3. The zero-order valence-electron chi connectivity index (χ0n) is 10.7. The van der Waals surface area contributed by atoms with Gasteiger partial charge in [-0.1, -0.05) is 0 Å². The summed E-state index contributed by atoms with van der Waals surface area (Å²) in [7, 11) is 3.43. The monoisotopic (exact) mass is 235 g/mol. The minimum atomic E-state index is 0.811. The van der Waals surface area contributed by atoms with Crippen LogP contribution >= 0.6 is 0 Å². The summed E-state index contributed by atoms with van der Waals surface area (Å²) in [6.45, 7) is 2.33. The molecule has 0 aromatic heterocycles. The highest BCUT2D eigenvalue weighted by Crippen LogP contribution is 2.27. The third kappa shape index (κ3) is 3.13. The van der Waals surface area contributed by atoms with E-state index in [-0.39, 0.29) is 0 Å². The quantitative estimate of drug-likeness (QED) is 0.849. The summed E-state index contributed by atoms with van der Waals surface area (Å²) in [5, 5.41) is 3.40. The highest BCUT2D eigenvalue weighted by molar-refractivity contribution is 5.40. The fourth-order valence-electron chi connectivity index (χ4n) is 2.40. The molecule has 1 aliphatic rings. The van der Waals surface area contributed by atoms with Gasteiger partial charge in [-0.2, -0.15) is 0 Å². The Hall–Kier alpha value is -1.22. The molecular weight excluding hydrogens is 214 g/mol. The Morgan fingerprint density at radius 2 is 2.18 bits per heavy atom. The molecule has 1 saturated heterocycles. The van der Waals surface area contributed by atoms with Crippen LogP contribution in [-0.4, -0.2) is 27.3 Å². The van der Waals surface area contributed by atoms with Crippen molar-refractivity contribution in [1.82, 2.24) is 5.32 Å².